The molecule has 0 amide bonds. The summed E-state index contributed by atoms with van der Waals surface area (Å²) in [6, 6.07) is 4.84. The topological polar surface area (TPSA) is 29.3 Å². The molecule has 0 bridgehead atoms. The fourth-order valence-corrected chi connectivity index (χ4v) is 3.38. The second-order valence-corrected chi connectivity index (χ2v) is 6.62. The molecule has 1 aromatic carbocycles. The maximum Gasteiger partial charge on any atom is 0.124 e. The average Bonchev–Trinajstić information content (AvgIpc) is 2.28. The van der Waals surface area contributed by atoms with Crippen molar-refractivity contribution < 1.29 is 4.39 Å². The number of thiocarbonyl (C=S) groups is 1. The molecule has 1 fully saturated rings. The molecule has 1 saturated heterocycles. The predicted octanol–water partition coefficient (Wildman–Crippen LogP) is 2.40. The van der Waals surface area contributed by atoms with Crippen molar-refractivity contribution in [1.82, 2.24) is 4.90 Å². The van der Waals surface area contributed by atoms with Crippen molar-refractivity contribution >= 4 is 29.0 Å². The Labute approximate surface area is 117 Å². The molecule has 98 valence electrons. The van der Waals surface area contributed by atoms with Crippen LogP contribution in [-0.4, -0.2) is 34.0 Å². The maximum atomic E-state index is 13.5. The highest BCUT2D eigenvalue weighted by Gasteiger charge is 2.17. The molecule has 1 aliphatic heterocycles. The van der Waals surface area contributed by atoms with Gasteiger partial charge in [-0.2, -0.15) is 11.8 Å². The summed E-state index contributed by atoms with van der Waals surface area (Å²) in [6.45, 7) is 5.08. The lowest BCUT2D eigenvalue weighted by atomic mass is 10.1. The third kappa shape index (κ3) is 3.67. The summed E-state index contributed by atoms with van der Waals surface area (Å²) in [6.07, 6.45) is 0. The van der Waals surface area contributed by atoms with Crippen molar-refractivity contribution in [2.45, 2.75) is 18.7 Å². The van der Waals surface area contributed by atoms with Crippen molar-refractivity contribution in [3.05, 3.63) is 35.1 Å². The van der Waals surface area contributed by atoms with E-state index in [1.165, 1.54) is 6.07 Å². The van der Waals surface area contributed by atoms with Gasteiger partial charge in [-0.25, -0.2) is 4.39 Å². The minimum atomic E-state index is -0.269. The van der Waals surface area contributed by atoms with Crippen LogP contribution in [-0.2, 0) is 6.54 Å². The van der Waals surface area contributed by atoms with E-state index in [0.29, 0.717) is 10.8 Å². The lowest BCUT2D eigenvalue weighted by Gasteiger charge is -2.30. The molecule has 0 radical (unpaired) electrons. The summed E-state index contributed by atoms with van der Waals surface area (Å²) < 4.78 is 13.5. The average molecular weight is 284 g/mol. The molecule has 1 aliphatic rings. The largest absolute Gasteiger partial charge is 0.389 e. The monoisotopic (exact) mass is 284 g/mol. The van der Waals surface area contributed by atoms with Crippen LogP contribution in [0.25, 0.3) is 0 Å². The van der Waals surface area contributed by atoms with Gasteiger partial charge in [0.25, 0.3) is 0 Å². The zero-order valence-electron chi connectivity index (χ0n) is 10.4. The normalized spacial score (nSPS) is 20.9. The maximum absolute atomic E-state index is 13.5. The first-order valence-corrected chi connectivity index (χ1v) is 7.43. The lowest BCUT2D eigenvalue weighted by molar-refractivity contribution is 0.278. The Morgan fingerprint density at radius 2 is 2.33 bits per heavy atom. The van der Waals surface area contributed by atoms with Crippen molar-refractivity contribution in [3.63, 3.8) is 0 Å². The Morgan fingerprint density at radius 1 is 1.56 bits per heavy atom. The number of hydrogen-bond acceptors (Lipinski definition) is 3. The van der Waals surface area contributed by atoms with Crippen LogP contribution in [0.15, 0.2) is 18.2 Å². The van der Waals surface area contributed by atoms with Crippen molar-refractivity contribution in [2.75, 3.05) is 18.8 Å². The van der Waals surface area contributed by atoms with Gasteiger partial charge in [-0.3, -0.25) is 4.90 Å². The van der Waals surface area contributed by atoms with Crippen molar-refractivity contribution in [3.8, 4) is 0 Å². The highest BCUT2D eigenvalue weighted by atomic mass is 32.2. The molecule has 0 aromatic heterocycles. The zero-order chi connectivity index (χ0) is 13.1. The van der Waals surface area contributed by atoms with E-state index < -0.39 is 0 Å². The van der Waals surface area contributed by atoms with Gasteiger partial charge < -0.3 is 5.73 Å². The minimum Gasteiger partial charge on any atom is -0.389 e. The Balaban J connectivity index is 2.10. The number of hydrogen-bond donors (Lipinski definition) is 1. The third-order valence-corrected chi connectivity index (χ3v) is 4.35. The molecule has 1 atom stereocenters. The molecule has 0 saturated carbocycles. The molecule has 5 heteroatoms. The molecule has 1 unspecified atom stereocenters. The number of nitrogens with two attached hydrogens (primary N) is 1. The first-order valence-electron chi connectivity index (χ1n) is 5.98. The summed E-state index contributed by atoms with van der Waals surface area (Å²) in [5.74, 6) is 0.869. The SMILES string of the molecule is CC1CN(Cc2cc(F)cc(C(N)=S)c2)CCS1. The van der Waals surface area contributed by atoms with E-state index in [4.69, 9.17) is 18.0 Å². The zero-order valence-corrected chi connectivity index (χ0v) is 12.0. The van der Waals surface area contributed by atoms with E-state index in [2.05, 4.69) is 11.8 Å². The fraction of sp³-hybridized carbons (Fsp3) is 0.462. The lowest BCUT2D eigenvalue weighted by Crippen LogP contribution is -2.36. The van der Waals surface area contributed by atoms with Gasteiger partial charge in [0, 0.05) is 36.2 Å². The van der Waals surface area contributed by atoms with Crippen molar-refractivity contribution in [1.29, 1.82) is 0 Å². The highest BCUT2D eigenvalue weighted by Crippen LogP contribution is 2.20. The summed E-state index contributed by atoms with van der Waals surface area (Å²) in [5, 5.41) is 0.641. The summed E-state index contributed by atoms with van der Waals surface area (Å²) >= 11 is 6.89. The summed E-state index contributed by atoms with van der Waals surface area (Å²) in [7, 11) is 0. The molecular weight excluding hydrogens is 267 g/mol. The van der Waals surface area contributed by atoms with Gasteiger partial charge in [0.15, 0.2) is 0 Å². The van der Waals surface area contributed by atoms with Gasteiger partial charge in [0.05, 0.1) is 0 Å². The van der Waals surface area contributed by atoms with E-state index in [1.807, 2.05) is 17.8 Å². The Bertz CT molecular complexity index is 451. The predicted molar refractivity (Wildman–Crippen MR) is 79.5 cm³/mol. The van der Waals surface area contributed by atoms with Gasteiger partial charge in [0.2, 0.25) is 0 Å². The van der Waals surface area contributed by atoms with Gasteiger partial charge >= 0.3 is 0 Å². The van der Waals surface area contributed by atoms with Gasteiger partial charge in [-0.05, 0) is 23.8 Å². The van der Waals surface area contributed by atoms with Gasteiger partial charge in [-0.15, -0.1) is 0 Å². The second kappa shape index (κ2) is 5.99. The van der Waals surface area contributed by atoms with Crippen LogP contribution < -0.4 is 5.73 Å². The van der Waals surface area contributed by atoms with Crippen LogP contribution in [0.3, 0.4) is 0 Å². The standard InChI is InChI=1S/C13H17FN2S2/c1-9-7-16(2-3-18-9)8-10-4-11(13(15)17)6-12(14)5-10/h4-6,9H,2-3,7-8H2,1H3,(H2,15,17). The molecule has 0 spiro atoms. The van der Waals surface area contributed by atoms with Crippen LogP contribution in [0, 0.1) is 5.82 Å². The molecular formula is C13H17FN2S2. The Kier molecular flexibility index (Phi) is 4.59. The molecule has 2 nitrogen and oxygen atoms in total. The summed E-state index contributed by atoms with van der Waals surface area (Å²) in [4.78, 5) is 2.59. The Morgan fingerprint density at radius 3 is 3.00 bits per heavy atom. The van der Waals surface area contributed by atoms with E-state index in [9.17, 15) is 4.39 Å². The molecule has 0 aliphatic carbocycles. The van der Waals surface area contributed by atoms with Crippen LogP contribution >= 0.6 is 24.0 Å². The van der Waals surface area contributed by atoms with E-state index in [0.717, 1.165) is 31.0 Å². The molecule has 1 aromatic rings. The van der Waals surface area contributed by atoms with Crippen LogP contribution in [0.5, 0.6) is 0 Å². The quantitative estimate of drug-likeness (QED) is 0.863. The van der Waals surface area contributed by atoms with Crippen LogP contribution in [0.2, 0.25) is 0 Å². The van der Waals surface area contributed by atoms with Gasteiger partial charge in [0.1, 0.15) is 10.8 Å². The minimum absolute atomic E-state index is 0.248. The number of rotatable bonds is 3. The van der Waals surface area contributed by atoms with E-state index >= 15 is 0 Å². The third-order valence-electron chi connectivity index (χ3n) is 2.97. The fourth-order valence-electron chi connectivity index (χ4n) is 2.18. The van der Waals surface area contributed by atoms with Crippen LogP contribution in [0.4, 0.5) is 4.39 Å². The van der Waals surface area contributed by atoms with Crippen molar-refractivity contribution in [2.24, 2.45) is 5.73 Å². The number of halogens is 1. The summed E-state index contributed by atoms with van der Waals surface area (Å²) in [5.41, 5.74) is 7.11. The first-order chi connectivity index (χ1) is 8.54. The number of thioether (sulfide) groups is 1. The molecule has 2 N–H and O–H groups in total. The number of benzene rings is 1. The van der Waals surface area contributed by atoms with Gasteiger partial charge in [-0.1, -0.05) is 19.1 Å². The Hall–Kier alpha value is -0.650. The molecule has 2 rings (SSSR count). The van der Waals surface area contributed by atoms with E-state index in [-0.39, 0.29) is 10.8 Å². The highest BCUT2D eigenvalue weighted by molar-refractivity contribution is 7.99. The smallest absolute Gasteiger partial charge is 0.124 e. The second-order valence-electron chi connectivity index (χ2n) is 4.63. The van der Waals surface area contributed by atoms with E-state index in [1.54, 1.807) is 6.07 Å². The van der Waals surface area contributed by atoms with Crippen LogP contribution in [0.1, 0.15) is 18.1 Å². The first kappa shape index (κ1) is 13.8. The molecule has 18 heavy (non-hydrogen) atoms. The molecule has 1 heterocycles. The number of nitrogens with zero attached hydrogens (tertiary/aromatic N) is 1.